The summed E-state index contributed by atoms with van der Waals surface area (Å²) in [7, 11) is -2.58. The lowest BCUT2D eigenvalue weighted by Crippen LogP contribution is -2.19. The third-order valence-electron chi connectivity index (χ3n) is 2.14. The molecular formula is C9H15N3O5S. The van der Waals surface area contributed by atoms with Gasteiger partial charge in [0, 0.05) is 7.11 Å². The molecule has 1 heterocycles. The van der Waals surface area contributed by atoms with Crippen LogP contribution in [0.1, 0.15) is 23.1 Å². The Morgan fingerprint density at radius 1 is 1.44 bits per heavy atom. The van der Waals surface area contributed by atoms with Gasteiger partial charge in [-0.1, -0.05) is 6.92 Å². The summed E-state index contributed by atoms with van der Waals surface area (Å²) in [5.41, 5.74) is -0.0540. The maximum Gasteiger partial charge on any atom is 0.360 e. The molecule has 0 bridgehead atoms. The lowest BCUT2D eigenvalue weighted by Gasteiger charge is -2.03. The van der Waals surface area contributed by atoms with Crippen LogP contribution in [-0.4, -0.2) is 44.9 Å². The van der Waals surface area contributed by atoms with Gasteiger partial charge in [0.15, 0.2) is 5.69 Å². The molecule has 0 amide bonds. The van der Waals surface area contributed by atoms with Gasteiger partial charge in [-0.15, -0.1) is 0 Å². The minimum Gasteiger partial charge on any atom is -0.458 e. The number of hydrogen-bond acceptors (Lipinski definition) is 6. The van der Waals surface area contributed by atoms with Gasteiger partial charge in [0.05, 0.1) is 12.3 Å². The van der Waals surface area contributed by atoms with E-state index in [2.05, 4.69) is 10.2 Å². The largest absolute Gasteiger partial charge is 0.458 e. The first-order chi connectivity index (χ1) is 8.41. The zero-order valence-electron chi connectivity index (χ0n) is 10.1. The van der Waals surface area contributed by atoms with Crippen molar-refractivity contribution in [1.29, 1.82) is 0 Å². The zero-order chi connectivity index (χ0) is 13.8. The Bertz CT molecular complexity index is 522. The van der Waals surface area contributed by atoms with Gasteiger partial charge in [0.25, 0.3) is 0 Å². The van der Waals surface area contributed by atoms with Crippen LogP contribution in [0.4, 0.5) is 0 Å². The predicted octanol–water partition coefficient (Wildman–Crippen LogP) is -0.577. The highest BCUT2D eigenvalue weighted by atomic mass is 32.2. The normalized spacial score (nSPS) is 11.5. The molecule has 0 saturated heterocycles. The van der Waals surface area contributed by atoms with Crippen LogP contribution in [0.2, 0.25) is 0 Å². The number of carbonyl (C=O) groups excluding carboxylic acids is 1. The molecular weight excluding hydrogens is 262 g/mol. The minimum atomic E-state index is -4.03. The molecule has 8 nitrogen and oxygen atoms in total. The van der Waals surface area contributed by atoms with Crippen LogP contribution in [0.15, 0.2) is 4.90 Å². The molecule has 0 saturated carbocycles. The number of sulfonamides is 1. The molecule has 9 heteroatoms. The van der Waals surface area contributed by atoms with E-state index in [1.807, 2.05) is 0 Å². The van der Waals surface area contributed by atoms with Crippen molar-refractivity contribution in [2.45, 2.75) is 18.2 Å². The molecule has 0 fully saturated rings. The van der Waals surface area contributed by atoms with Gasteiger partial charge < -0.3 is 9.47 Å². The van der Waals surface area contributed by atoms with Crippen LogP contribution in [0.3, 0.4) is 0 Å². The molecule has 3 N–H and O–H groups in total. The number of rotatable bonds is 6. The molecule has 1 aromatic heterocycles. The van der Waals surface area contributed by atoms with E-state index in [9.17, 15) is 13.2 Å². The predicted molar refractivity (Wildman–Crippen MR) is 61.5 cm³/mol. The Hall–Kier alpha value is -1.45. The second-order valence-electron chi connectivity index (χ2n) is 3.41. The number of aryl methyl sites for hydroxylation is 1. The molecule has 0 unspecified atom stereocenters. The quantitative estimate of drug-likeness (QED) is 0.529. The maximum absolute atomic E-state index is 11.6. The average Bonchev–Trinajstić information content (AvgIpc) is 2.72. The second-order valence-corrected chi connectivity index (χ2v) is 4.91. The first-order valence-corrected chi connectivity index (χ1v) is 6.72. The lowest BCUT2D eigenvalue weighted by molar-refractivity contribution is 0.0377. The van der Waals surface area contributed by atoms with E-state index in [1.54, 1.807) is 6.92 Å². The molecule has 0 aliphatic carbocycles. The fraction of sp³-hybridized carbons (Fsp3) is 0.556. The molecule has 1 rings (SSSR count). The summed E-state index contributed by atoms with van der Waals surface area (Å²) in [6, 6.07) is 0. The van der Waals surface area contributed by atoms with E-state index in [1.165, 1.54) is 7.11 Å². The standard InChI is InChI=1S/C9H15N3O5S/c1-3-6-8(18(10,14)15)7(12-11-6)9(13)17-5-4-16-2/h3-5H2,1-2H3,(H,11,12)(H2,10,14,15). The molecule has 0 radical (unpaired) electrons. The minimum absolute atomic E-state index is 0.00765. The molecule has 18 heavy (non-hydrogen) atoms. The average molecular weight is 277 g/mol. The highest BCUT2D eigenvalue weighted by molar-refractivity contribution is 7.89. The number of primary sulfonamides is 1. The van der Waals surface area contributed by atoms with Crippen molar-refractivity contribution >= 4 is 16.0 Å². The summed E-state index contributed by atoms with van der Waals surface area (Å²) in [5.74, 6) is -0.855. The number of methoxy groups -OCH3 is 1. The molecule has 0 aliphatic rings. The summed E-state index contributed by atoms with van der Waals surface area (Å²) in [6.07, 6.45) is 0.351. The number of nitrogens with zero attached hydrogens (tertiary/aromatic N) is 1. The summed E-state index contributed by atoms with van der Waals surface area (Å²) < 4.78 is 32.3. The van der Waals surface area contributed by atoms with Gasteiger partial charge in [0.1, 0.15) is 11.5 Å². The summed E-state index contributed by atoms with van der Waals surface area (Å²) in [5, 5.41) is 11.1. The van der Waals surface area contributed by atoms with E-state index in [-0.39, 0.29) is 29.5 Å². The van der Waals surface area contributed by atoms with Crippen molar-refractivity contribution in [3.63, 3.8) is 0 Å². The number of esters is 1. The number of carbonyl (C=O) groups is 1. The maximum atomic E-state index is 11.6. The molecule has 102 valence electrons. The summed E-state index contributed by atoms with van der Waals surface area (Å²) >= 11 is 0. The van der Waals surface area contributed by atoms with Crippen LogP contribution in [0.25, 0.3) is 0 Å². The Morgan fingerprint density at radius 2 is 2.11 bits per heavy atom. The smallest absolute Gasteiger partial charge is 0.360 e. The summed E-state index contributed by atoms with van der Waals surface area (Å²) in [6.45, 7) is 1.93. The van der Waals surface area contributed by atoms with Gasteiger partial charge in [0.2, 0.25) is 10.0 Å². The third-order valence-corrected chi connectivity index (χ3v) is 3.15. The Labute approximate surface area is 105 Å². The fourth-order valence-corrected chi connectivity index (χ4v) is 2.27. The lowest BCUT2D eigenvalue weighted by atomic mass is 10.3. The van der Waals surface area contributed by atoms with Crippen LogP contribution in [0, 0.1) is 0 Å². The highest BCUT2D eigenvalue weighted by Gasteiger charge is 2.27. The van der Waals surface area contributed by atoms with E-state index in [0.29, 0.717) is 6.42 Å². The number of nitrogens with two attached hydrogens (primary N) is 1. The number of aromatic amines is 1. The molecule has 0 aromatic carbocycles. The van der Waals surface area contributed by atoms with Crippen molar-refractivity contribution in [1.82, 2.24) is 10.2 Å². The Morgan fingerprint density at radius 3 is 2.61 bits per heavy atom. The van der Waals surface area contributed by atoms with Gasteiger partial charge in [-0.25, -0.2) is 18.4 Å². The van der Waals surface area contributed by atoms with Gasteiger partial charge in [-0.2, -0.15) is 5.10 Å². The van der Waals surface area contributed by atoms with Crippen LogP contribution in [0.5, 0.6) is 0 Å². The SMILES string of the molecule is CCc1[nH]nc(C(=O)OCCOC)c1S(N)(=O)=O. The molecule has 1 aromatic rings. The van der Waals surface area contributed by atoms with Crippen LogP contribution < -0.4 is 5.14 Å². The highest BCUT2D eigenvalue weighted by Crippen LogP contribution is 2.18. The number of ether oxygens (including phenoxy) is 2. The van der Waals surface area contributed by atoms with Crippen molar-refractivity contribution in [3.05, 3.63) is 11.4 Å². The van der Waals surface area contributed by atoms with Crippen molar-refractivity contribution in [2.24, 2.45) is 5.14 Å². The summed E-state index contributed by atoms with van der Waals surface area (Å²) in [4.78, 5) is 11.3. The molecule has 0 aliphatic heterocycles. The van der Waals surface area contributed by atoms with Gasteiger partial charge >= 0.3 is 5.97 Å². The first kappa shape index (κ1) is 14.6. The number of H-pyrrole nitrogens is 1. The van der Waals surface area contributed by atoms with Crippen molar-refractivity contribution in [2.75, 3.05) is 20.3 Å². The van der Waals surface area contributed by atoms with Crippen molar-refractivity contribution in [3.8, 4) is 0 Å². The van der Waals surface area contributed by atoms with Crippen LogP contribution in [-0.2, 0) is 25.9 Å². The second kappa shape index (κ2) is 5.94. The molecule has 0 spiro atoms. The number of nitrogens with one attached hydrogen (secondary N) is 1. The molecule has 0 atom stereocenters. The monoisotopic (exact) mass is 277 g/mol. The fourth-order valence-electron chi connectivity index (χ4n) is 1.34. The first-order valence-electron chi connectivity index (χ1n) is 5.17. The number of aromatic nitrogens is 2. The van der Waals surface area contributed by atoms with E-state index < -0.39 is 16.0 Å². The van der Waals surface area contributed by atoms with E-state index in [4.69, 9.17) is 14.6 Å². The topological polar surface area (TPSA) is 124 Å². The third kappa shape index (κ3) is 3.28. The van der Waals surface area contributed by atoms with Crippen LogP contribution >= 0.6 is 0 Å². The Balaban J connectivity index is 3.03. The van der Waals surface area contributed by atoms with E-state index in [0.717, 1.165) is 0 Å². The van der Waals surface area contributed by atoms with Gasteiger partial charge in [-0.05, 0) is 6.42 Å². The van der Waals surface area contributed by atoms with Gasteiger partial charge in [-0.3, -0.25) is 5.10 Å². The van der Waals surface area contributed by atoms with E-state index >= 15 is 0 Å². The zero-order valence-corrected chi connectivity index (χ0v) is 10.9. The Kier molecular flexibility index (Phi) is 4.82. The van der Waals surface area contributed by atoms with Crippen molar-refractivity contribution < 1.29 is 22.7 Å². The number of hydrogen-bond donors (Lipinski definition) is 2.